The van der Waals surface area contributed by atoms with Crippen LogP contribution in [0.2, 0.25) is 0 Å². The third-order valence-corrected chi connectivity index (χ3v) is 7.64. The van der Waals surface area contributed by atoms with Gasteiger partial charge in [-0.2, -0.15) is 13.2 Å². The molecule has 172 valence electrons. The van der Waals surface area contributed by atoms with Gasteiger partial charge < -0.3 is 10.4 Å². The topological polar surface area (TPSA) is 86.7 Å². The molecule has 2 aromatic rings. The van der Waals surface area contributed by atoms with Crippen molar-refractivity contribution >= 4 is 41.3 Å². The van der Waals surface area contributed by atoms with Crippen molar-refractivity contribution in [2.24, 2.45) is 0 Å². The van der Waals surface area contributed by atoms with Gasteiger partial charge in [0.25, 0.3) is 5.91 Å². The minimum absolute atomic E-state index is 0.0959. The molecule has 2 amide bonds. The third kappa shape index (κ3) is 4.88. The molecule has 2 heterocycles. The molecular weight excluding hydrogens is 477 g/mol. The van der Waals surface area contributed by atoms with Gasteiger partial charge in [0, 0.05) is 15.6 Å². The molecule has 0 spiro atoms. The lowest BCUT2D eigenvalue weighted by Gasteiger charge is -2.49. The molecule has 0 radical (unpaired) electrons. The molecule has 0 aliphatic carbocycles. The van der Waals surface area contributed by atoms with Gasteiger partial charge in [-0.05, 0) is 29.8 Å². The van der Waals surface area contributed by atoms with Crippen LogP contribution in [0.5, 0.6) is 0 Å². The highest BCUT2D eigenvalue weighted by molar-refractivity contribution is 8.06. The summed E-state index contributed by atoms with van der Waals surface area (Å²) in [7, 11) is 0. The highest BCUT2D eigenvalue weighted by atomic mass is 32.2. The fourth-order valence-corrected chi connectivity index (χ4v) is 6.00. The van der Waals surface area contributed by atoms with Gasteiger partial charge >= 0.3 is 12.1 Å². The van der Waals surface area contributed by atoms with Crippen molar-refractivity contribution in [1.29, 1.82) is 0 Å². The first-order valence-corrected chi connectivity index (χ1v) is 11.6. The lowest BCUT2D eigenvalue weighted by Crippen LogP contribution is -2.70. The van der Waals surface area contributed by atoms with E-state index in [0.717, 1.165) is 34.4 Å². The number of benzene rings is 2. The molecule has 6 nitrogen and oxygen atoms in total. The van der Waals surface area contributed by atoms with E-state index >= 15 is 0 Å². The normalized spacial score (nSPS) is 20.2. The lowest BCUT2D eigenvalue weighted by atomic mass is 10.0. The summed E-state index contributed by atoms with van der Waals surface area (Å²) < 4.78 is 38.3. The van der Waals surface area contributed by atoms with Crippen molar-refractivity contribution in [1.82, 2.24) is 10.2 Å². The molecule has 2 aliphatic heterocycles. The first kappa shape index (κ1) is 23.2. The number of aliphatic carboxylic acids is 1. The van der Waals surface area contributed by atoms with Crippen LogP contribution in [-0.2, 0) is 27.0 Å². The van der Waals surface area contributed by atoms with E-state index in [1.165, 1.54) is 23.9 Å². The minimum atomic E-state index is -4.47. The number of fused-ring (bicyclic) bond motifs is 1. The number of rotatable bonds is 6. The Bertz CT molecular complexity index is 1120. The molecule has 0 unspecified atom stereocenters. The fourth-order valence-electron chi connectivity index (χ4n) is 3.53. The summed E-state index contributed by atoms with van der Waals surface area (Å²) in [5, 5.41) is 11.9. The molecule has 2 atom stereocenters. The van der Waals surface area contributed by atoms with Crippen LogP contribution >= 0.6 is 23.5 Å². The summed E-state index contributed by atoms with van der Waals surface area (Å²) in [5.41, 5.74) is -0.220. The number of carboxylic acids is 1. The van der Waals surface area contributed by atoms with Crippen LogP contribution in [0.1, 0.15) is 11.1 Å². The summed E-state index contributed by atoms with van der Waals surface area (Å²) in [4.78, 5) is 38.9. The summed E-state index contributed by atoms with van der Waals surface area (Å²) >= 11 is 2.31. The number of nitrogens with zero attached hydrogens (tertiary/aromatic N) is 1. The quantitative estimate of drug-likeness (QED) is 0.596. The Morgan fingerprint density at radius 1 is 1.12 bits per heavy atom. The molecule has 0 saturated carbocycles. The van der Waals surface area contributed by atoms with Crippen molar-refractivity contribution < 1.29 is 32.7 Å². The molecule has 4 rings (SSSR count). The third-order valence-electron chi connectivity index (χ3n) is 5.08. The summed E-state index contributed by atoms with van der Waals surface area (Å²) in [6, 6.07) is 12.6. The number of carboxylic acid groups (broad SMARTS) is 1. The second kappa shape index (κ2) is 9.14. The number of hydrogen-bond acceptors (Lipinski definition) is 5. The predicted octanol–water partition coefficient (Wildman–Crippen LogP) is 3.74. The lowest BCUT2D eigenvalue weighted by molar-refractivity contribution is -0.150. The first-order chi connectivity index (χ1) is 15.6. The number of halogens is 3. The molecule has 0 bridgehead atoms. The van der Waals surface area contributed by atoms with E-state index < -0.39 is 35.0 Å². The molecule has 2 aromatic carbocycles. The number of nitrogens with one attached hydrogen (secondary N) is 1. The van der Waals surface area contributed by atoms with E-state index in [-0.39, 0.29) is 23.8 Å². The van der Waals surface area contributed by atoms with Gasteiger partial charge in [-0.15, -0.1) is 11.8 Å². The molecular formula is C22H17F3N2O4S2. The highest BCUT2D eigenvalue weighted by Gasteiger charge is 2.54. The zero-order chi connectivity index (χ0) is 23.8. The monoisotopic (exact) mass is 494 g/mol. The van der Waals surface area contributed by atoms with Crippen LogP contribution in [0.15, 0.2) is 70.1 Å². The Hall–Kier alpha value is -2.92. The molecule has 11 heteroatoms. The molecule has 1 fully saturated rings. The predicted molar refractivity (Wildman–Crippen MR) is 117 cm³/mol. The Labute approximate surface area is 195 Å². The number of amides is 2. The van der Waals surface area contributed by atoms with Crippen LogP contribution in [0, 0.1) is 0 Å². The van der Waals surface area contributed by atoms with Crippen LogP contribution in [0.4, 0.5) is 13.2 Å². The summed E-state index contributed by atoms with van der Waals surface area (Å²) in [6.45, 7) is 0. The Kier molecular flexibility index (Phi) is 6.44. The zero-order valence-corrected chi connectivity index (χ0v) is 18.5. The first-order valence-electron chi connectivity index (χ1n) is 9.74. The number of hydrogen-bond donors (Lipinski definition) is 2. The van der Waals surface area contributed by atoms with Gasteiger partial charge in [-0.25, -0.2) is 4.79 Å². The maximum atomic E-state index is 12.8. The maximum absolute atomic E-state index is 12.8. The van der Waals surface area contributed by atoms with Crippen LogP contribution < -0.4 is 5.32 Å². The van der Waals surface area contributed by atoms with Gasteiger partial charge in [-0.1, -0.05) is 42.1 Å². The summed E-state index contributed by atoms with van der Waals surface area (Å²) in [5.74, 6) is -1.94. The van der Waals surface area contributed by atoms with Gasteiger partial charge in [-0.3, -0.25) is 14.5 Å². The van der Waals surface area contributed by atoms with Crippen molar-refractivity contribution in [2.45, 2.75) is 28.9 Å². The molecule has 2 aliphatic rings. The van der Waals surface area contributed by atoms with Gasteiger partial charge in [0.05, 0.1) is 12.0 Å². The van der Waals surface area contributed by atoms with Crippen molar-refractivity contribution in [2.75, 3.05) is 5.75 Å². The average molecular weight is 495 g/mol. The molecule has 33 heavy (non-hydrogen) atoms. The Morgan fingerprint density at radius 3 is 2.39 bits per heavy atom. The number of alkyl halides is 3. The van der Waals surface area contributed by atoms with Crippen molar-refractivity contribution in [3.63, 3.8) is 0 Å². The number of thioether (sulfide) groups is 2. The second-order valence-corrected chi connectivity index (χ2v) is 9.59. The Balaban J connectivity index is 1.47. The molecule has 1 saturated heterocycles. The average Bonchev–Trinajstić information content (AvgIpc) is 2.77. The largest absolute Gasteiger partial charge is 0.477 e. The fraction of sp³-hybridized carbons (Fsp3) is 0.227. The van der Waals surface area contributed by atoms with Gasteiger partial charge in [0.1, 0.15) is 17.1 Å². The second-order valence-electron chi connectivity index (χ2n) is 7.32. The molecule has 2 N–H and O–H groups in total. The molecule has 0 aromatic heterocycles. The van der Waals surface area contributed by atoms with Gasteiger partial charge in [0.15, 0.2) is 0 Å². The summed E-state index contributed by atoms with van der Waals surface area (Å²) in [6.07, 6.45) is -4.37. The number of carbonyl (C=O) groups is 3. The van der Waals surface area contributed by atoms with E-state index in [0.29, 0.717) is 9.80 Å². The van der Waals surface area contributed by atoms with Crippen LogP contribution in [0.25, 0.3) is 0 Å². The van der Waals surface area contributed by atoms with Crippen LogP contribution in [-0.4, -0.2) is 45.0 Å². The maximum Gasteiger partial charge on any atom is 0.416 e. The van der Waals surface area contributed by atoms with Gasteiger partial charge in [0.2, 0.25) is 5.91 Å². The SMILES string of the molecule is O=C(Cc1ccccc1)N[C@@H]1C(=O)N2C(C(=O)O)=C(Sc3ccc(C(F)(F)F)cc3)CS[C@@H]12. The van der Waals surface area contributed by atoms with E-state index in [2.05, 4.69) is 5.32 Å². The Morgan fingerprint density at radius 2 is 1.79 bits per heavy atom. The van der Waals surface area contributed by atoms with E-state index in [1.807, 2.05) is 6.07 Å². The van der Waals surface area contributed by atoms with Crippen molar-refractivity contribution in [3.05, 3.63) is 76.3 Å². The van der Waals surface area contributed by atoms with E-state index in [4.69, 9.17) is 0 Å². The number of carbonyl (C=O) groups excluding carboxylic acids is 2. The standard InChI is InChI=1S/C22H17F3N2O4S2/c23-22(24,25)13-6-8-14(9-7-13)33-15-11-32-20-17(19(29)27(20)18(15)21(30)31)26-16(28)10-12-4-2-1-3-5-12/h1-9,17,20H,10-11H2,(H,26,28)(H,30,31)/t17-,20+/m1/s1. The zero-order valence-electron chi connectivity index (χ0n) is 16.8. The van der Waals surface area contributed by atoms with E-state index in [9.17, 15) is 32.7 Å². The van der Waals surface area contributed by atoms with Crippen molar-refractivity contribution in [3.8, 4) is 0 Å². The smallest absolute Gasteiger partial charge is 0.416 e. The number of β-lactam (4-membered cyclic amide) rings is 1. The van der Waals surface area contributed by atoms with E-state index in [1.54, 1.807) is 24.3 Å². The van der Waals surface area contributed by atoms with Crippen LogP contribution in [0.3, 0.4) is 0 Å². The highest BCUT2D eigenvalue weighted by Crippen LogP contribution is 2.45. The minimum Gasteiger partial charge on any atom is -0.477 e.